The van der Waals surface area contributed by atoms with E-state index in [9.17, 15) is 19.7 Å². The number of carbonyl (C=O) groups is 2. The maximum Gasteiger partial charge on any atom is 0.410 e. The summed E-state index contributed by atoms with van der Waals surface area (Å²) in [6, 6.07) is 5.82. The summed E-state index contributed by atoms with van der Waals surface area (Å²) in [4.78, 5) is 37.9. The second-order valence-corrected chi connectivity index (χ2v) is 6.82. The standard InChI is InChI=1S/C19H22N2O5/c1-3-19-10-6-12-20(18(23)26-2)17(19)16(15(22)9-11-19)13-7-4-5-8-14(13)21(24)25/h4-8,10,16-17H,3,9,11-12H2,1-2H3/t16-,17+,19-/m0/s1. The third-order valence-electron chi connectivity index (χ3n) is 5.71. The van der Waals surface area contributed by atoms with E-state index in [1.165, 1.54) is 13.2 Å². The van der Waals surface area contributed by atoms with Crippen LogP contribution in [0.2, 0.25) is 0 Å². The minimum Gasteiger partial charge on any atom is -0.453 e. The molecule has 1 fully saturated rings. The second kappa shape index (κ2) is 6.90. The van der Waals surface area contributed by atoms with Crippen molar-refractivity contribution in [2.24, 2.45) is 5.41 Å². The number of Topliss-reactive ketones (excluding diaryl/α,β-unsaturated/α-hetero) is 1. The summed E-state index contributed by atoms with van der Waals surface area (Å²) in [5.74, 6) is -0.813. The number of carbonyl (C=O) groups excluding carboxylic acids is 2. The molecular formula is C19H22N2O5. The lowest BCUT2D eigenvalue weighted by atomic mass is 9.60. The number of hydrogen-bond donors (Lipinski definition) is 0. The van der Waals surface area contributed by atoms with E-state index in [-0.39, 0.29) is 11.5 Å². The molecule has 1 amide bonds. The van der Waals surface area contributed by atoms with Gasteiger partial charge in [-0.15, -0.1) is 0 Å². The van der Waals surface area contributed by atoms with E-state index in [0.29, 0.717) is 24.9 Å². The number of nitro groups is 1. The normalized spacial score (nSPS) is 27.8. The molecule has 1 aliphatic heterocycles. The molecule has 0 saturated heterocycles. The Morgan fingerprint density at radius 3 is 2.81 bits per heavy atom. The van der Waals surface area contributed by atoms with Gasteiger partial charge in [0.2, 0.25) is 0 Å². The van der Waals surface area contributed by atoms with Gasteiger partial charge in [-0.3, -0.25) is 19.8 Å². The lowest BCUT2D eigenvalue weighted by Gasteiger charge is -2.51. The maximum atomic E-state index is 12.9. The average molecular weight is 358 g/mol. The van der Waals surface area contributed by atoms with Gasteiger partial charge < -0.3 is 4.74 Å². The Bertz CT molecular complexity index is 775. The Kier molecular flexibility index (Phi) is 4.80. The highest BCUT2D eigenvalue weighted by atomic mass is 16.6. The van der Waals surface area contributed by atoms with Crippen molar-refractivity contribution in [2.45, 2.75) is 38.1 Å². The minimum absolute atomic E-state index is 0.0717. The monoisotopic (exact) mass is 358 g/mol. The van der Waals surface area contributed by atoms with Crippen LogP contribution in [0.5, 0.6) is 0 Å². The molecule has 3 atom stereocenters. The first-order valence-electron chi connectivity index (χ1n) is 8.73. The molecule has 1 aromatic rings. The van der Waals surface area contributed by atoms with Gasteiger partial charge >= 0.3 is 6.09 Å². The van der Waals surface area contributed by atoms with Crippen LogP contribution in [0.15, 0.2) is 36.4 Å². The zero-order valence-electron chi connectivity index (χ0n) is 14.9. The quantitative estimate of drug-likeness (QED) is 0.469. The molecule has 1 aromatic carbocycles. The zero-order valence-corrected chi connectivity index (χ0v) is 14.9. The second-order valence-electron chi connectivity index (χ2n) is 6.82. The molecule has 1 saturated carbocycles. The van der Waals surface area contributed by atoms with Gasteiger partial charge in [-0.05, 0) is 12.8 Å². The molecule has 26 heavy (non-hydrogen) atoms. The Morgan fingerprint density at radius 1 is 1.42 bits per heavy atom. The molecule has 138 valence electrons. The van der Waals surface area contributed by atoms with Gasteiger partial charge in [0.1, 0.15) is 5.78 Å². The number of benzene rings is 1. The molecule has 1 aliphatic carbocycles. The molecule has 0 radical (unpaired) electrons. The lowest BCUT2D eigenvalue weighted by molar-refractivity contribution is -0.385. The van der Waals surface area contributed by atoms with Crippen LogP contribution in [-0.2, 0) is 9.53 Å². The van der Waals surface area contributed by atoms with Crippen LogP contribution in [0, 0.1) is 15.5 Å². The highest BCUT2D eigenvalue weighted by Crippen LogP contribution is 2.51. The molecule has 1 heterocycles. The van der Waals surface area contributed by atoms with Crippen molar-refractivity contribution < 1.29 is 19.2 Å². The van der Waals surface area contributed by atoms with Crippen LogP contribution in [0.3, 0.4) is 0 Å². The third kappa shape index (κ3) is 2.77. The van der Waals surface area contributed by atoms with E-state index in [0.717, 1.165) is 6.42 Å². The summed E-state index contributed by atoms with van der Waals surface area (Å²) >= 11 is 0. The van der Waals surface area contributed by atoms with Crippen LogP contribution < -0.4 is 0 Å². The van der Waals surface area contributed by atoms with Crippen LogP contribution in [0.25, 0.3) is 0 Å². The summed E-state index contributed by atoms with van der Waals surface area (Å²) < 4.78 is 4.93. The molecular weight excluding hydrogens is 336 g/mol. The van der Waals surface area contributed by atoms with Gasteiger partial charge in [-0.1, -0.05) is 37.3 Å². The first kappa shape index (κ1) is 18.1. The molecule has 0 N–H and O–H groups in total. The molecule has 7 heteroatoms. The molecule has 0 unspecified atom stereocenters. The molecule has 7 nitrogen and oxygen atoms in total. The van der Waals surface area contributed by atoms with E-state index in [2.05, 4.69) is 6.08 Å². The summed E-state index contributed by atoms with van der Waals surface area (Å²) in [7, 11) is 1.30. The van der Waals surface area contributed by atoms with Crippen molar-refractivity contribution in [3.8, 4) is 0 Å². The summed E-state index contributed by atoms with van der Waals surface area (Å²) in [5.41, 5.74) is -0.110. The fourth-order valence-corrected chi connectivity index (χ4v) is 4.42. The fraction of sp³-hybridized carbons (Fsp3) is 0.474. The Morgan fingerprint density at radius 2 is 2.15 bits per heavy atom. The maximum absolute atomic E-state index is 12.9. The highest BCUT2D eigenvalue weighted by molar-refractivity contribution is 5.90. The Labute approximate surface area is 151 Å². The SMILES string of the molecule is CC[C@@]12C=CCN(C(=O)OC)[C@@H]1[C@@H](c1ccccc1[N+](=O)[O-])C(=O)CC2. The van der Waals surface area contributed by atoms with Gasteiger partial charge in [0.25, 0.3) is 5.69 Å². The van der Waals surface area contributed by atoms with Crippen molar-refractivity contribution in [3.63, 3.8) is 0 Å². The van der Waals surface area contributed by atoms with Gasteiger partial charge in [0, 0.05) is 30.0 Å². The summed E-state index contributed by atoms with van der Waals surface area (Å²) in [6.07, 6.45) is 5.16. The fourth-order valence-electron chi connectivity index (χ4n) is 4.42. The number of para-hydroxylation sites is 1. The predicted octanol–water partition coefficient (Wildman–Crippen LogP) is 3.44. The number of ether oxygens (including phenoxy) is 1. The molecule has 0 bridgehead atoms. The van der Waals surface area contributed by atoms with Crippen molar-refractivity contribution in [1.29, 1.82) is 0 Å². The lowest BCUT2D eigenvalue weighted by Crippen LogP contribution is -2.58. The molecule has 3 rings (SSSR count). The Balaban J connectivity index is 2.19. The van der Waals surface area contributed by atoms with Crippen LogP contribution in [0.1, 0.15) is 37.7 Å². The largest absolute Gasteiger partial charge is 0.453 e. The smallest absolute Gasteiger partial charge is 0.410 e. The number of nitrogens with zero attached hydrogens (tertiary/aromatic N) is 2. The zero-order chi connectivity index (χ0) is 18.9. The summed E-state index contributed by atoms with van der Waals surface area (Å²) in [5, 5.41) is 11.5. The van der Waals surface area contributed by atoms with Crippen molar-refractivity contribution >= 4 is 17.6 Å². The van der Waals surface area contributed by atoms with Gasteiger partial charge in [0.05, 0.1) is 24.0 Å². The van der Waals surface area contributed by atoms with Gasteiger partial charge in [-0.25, -0.2) is 4.79 Å². The number of hydrogen-bond acceptors (Lipinski definition) is 5. The van der Waals surface area contributed by atoms with Crippen LogP contribution in [-0.4, -0.2) is 41.4 Å². The Hall–Kier alpha value is -2.70. The van der Waals surface area contributed by atoms with E-state index in [4.69, 9.17) is 4.74 Å². The van der Waals surface area contributed by atoms with Gasteiger partial charge in [0.15, 0.2) is 0 Å². The van der Waals surface area contributed by atoms with Crippen LogP contribution >= 0.6 is 0 Å². The number of rotatable bonds is 3. The number of amides is 1. The summed E-state index contributed by atoms with van der Waals surface area (Å²) in [6.45, 7) is 2.34. The number of fused-ring (bicyclic) bond motifs is 1. The minimum atomic E-state index is -0.741. The molecule has 2 aliphatic rings. The molecule has 0 spiro atoms. The number of ketones is 1. The van der Waals surface area contributed by atoms with Crippen molar-refractivity contribution in [3.05, 3.63) is 52.1 Å². The first-order chi connectivity index (χ1) is 12.4. The van der Waals surface area contributed by atoms with E-state index < -0.39 is 28.4 Å². The van der Waals surface area contributed by atoms with Crippen LogP contribution in [0.4, 0.5) is 10.5 Å². The van der Waals surface area contributed by atoms with E-state index in [1.54, 1.807) is 23.1 Å². The third-order valence-corrected chi connectivity index (χ3v) is 5.71. The van der Waals surface area contributed by atoms with Gasteiger partial charge in [-0.2, -0.15) is 0 Å². The highest BCUT2D eigenvalue weighted by Gasteiger charge is 2.53. The van der Waals surface area contributed by atoms with Crippen molar-refractivity contribution in [1.82, 2.24) is 4.90 Å². The topological polar surface area (TPSA) is 89.8 Å². The van der Waals surface area contributed by atoms with Crippen molar-refractivity contribution in [2.75, 3.05) is 13.7 Å². The average Bonchev–Trinajstić information content (AvgIpc) is 2.67. The predicted molar refractivity (Wildman–Crippen MR) is 94.8 cm³/mol. The number of nitro benzene ring substituents is 1. The number of methoxy groups -OCH3 is 1. The first-order valence-corrected chi connectivity index (χ1v) is 8.73. The van der Waals surface area contributed by atoms with E-state index >= 15 is 0 Å². The molecule has 0 aromatic heterocycles. The van der Waals surface area contributed by atoms with E-state index in [1.807, 2.05) is 13.0 Å².